The van der Waals surface area contributed by atoms with Gasteiger partial charge in [-0.25, -0.2) is 4.79 Å². The molecule has 0 radical (unpaired) electrons. The first-order chi connectivity index (χ1) is 8.00. The number of hydrogen-bond donors (Lipinski definition) is 2. The number of hydrogen-bond acceptors (Lipinski definition) is 3. The third-order valence-corrected chi connectivity index (χ3v) is 3.15. The molecule has 0 spiro atoms. The topological polar surface area (TPSA) is 77.8 Å². The number of carbonyl (C=O) groups excluding carboxylic acids is 1. The molecular formula is C12H13NO4. The average molecular weight is 235 g/mol. The Morgan fingerprint density at radius 1 is 1.35 bits per heavy atom. The second kappa shape index (κ2) is 4.08. The van der Waals surface area contributed by atoms with Crippen molar-refractivity contribution in [3.05, 3.63) is 29.8 Å². The number of phenols is 1. The molecule has 17 heavy (non-hydrogen) atoms. The van der Waals surface area contributed by atoms with Crippen LogP contribution < -0.4 is 0 Å². The zero-order valence-corrected chi connectivity index (χ0v) is 9.33. The third-order valence-electron chi connectivity index (χ3n) is 3.15. The van der Waals surface area contributed by atoms with Crippen molar-refractivity contribution in [2.75, 3.05) is 7.05 Å². The maximum atomic E-state index is 11.9. The Kier molecular flexibility index (Phi) is 2.75. The van der Waals surface area contributed by atoms with Crippen molar-refractivity contribution < 1.29 is 19.8 Å². The van der Waals surface area contributed by atoms with E-state index in [0.717, 1.165) is 5.56 Å². The lowest BCUT2D eigenvalue weighted by atomic mass is 9.96. The normalized spacial score (nSPS) is 24.1. The van der Waals surface area contributed by atoms with E-state index in [9.17, 15) is 9.59 Å². The van der Waals surface area contributed by atoms with E-state index < -0.39 is 17.9 Å². The van der Waals surface area contributed by atoms with E-state index in [2.05, 4.69) is 0 Å². The van der Waals surface area contributed by atoms with Crippen LogP contribution in [0.2, 0.25) is 0 Å². The molecule has 1 amide bonds. The van der Waals surface area contributed by atoms with Crippen LogP contribution in [0.1, 0.15) is 17.9 Å². The zero-order chi connectivity index (χ0) is 12.6. The summed E-state index contributed by atoms with van der Waals surface area (Å²) in [7, 11) is 1.50. The lowest BCUT2D eigenvalue weighted by Crippen LogP contribution is -2.35. The molecule has 1 aliphatic rings. The Bertz CT molecular complexity index is 454. The van der Waals surface area contributed by atoms with Gasteiger partial charge in [-0.2, -0.15) is 0 Å². The summed E-state index contributed by atoms with van der Waals surface area (Å²) in [6.07, 6.45) is 0.273. The van der Waals surface area contributed by atoms with Crippen LogP contribution in [0.4, 0.5) is 0 Å². The Balaban J connectivity index is 2.26. The van der Waals surface area contributed by atoms with E-state index in [1.54, 1.807) is 12.1 Å². The van der Waals surface area contributed by atoms with Crippen molar-refractivity contribution in [3.8, 4) is 5.75 Å². The Hall–Kier alpha value is -2.04. The van der Waals surface area contributed by atoms with Gasteiger partial charge in [0.2, 0.25) is 5.91 Å². The first-order valence-electron chi connectivity index (χ1n) is 5.29. The van der Waals surface area contributed by atoms with Crippen LogP contribution in [-0.4, -0.2) is 40.1 Å². The van der Waals surface area contributed by atoms with Gasteiger partial charge in [-0.3, -0.25) is 4.79 Å². The fraction of sp³-hybridized carbons (Fsp3) is 0.333. The van der Waals surface area contributed by atoms with Crippen LogP contribution in [0, 0.1) is 0 Å². The largest absolute Gasteiger partial charge is 0.508 e. The molecule has 1 saturated heterocycles. The SMILES string of the molecule is CN1C(=O)C(c2ccc(O)cc2)CC1C(=O)O. The number of carboxylic acids is 1. The van der Waals surface area contributed by atoms with Crippen LogP contribution in [-0.2, 0) is 9.59 Å². The fourth-order valence-corrected chi connectivity index (χ4v) is 2.13. The predicted molar refractivity (Wildman–Crippen MR) is 59.7 cm³/mol. The summed E-state index contributed by atoms with van der Waals surface area (Å²) in [5, 5.41) is 18.1. The number of likely N-dealkylation sites (N-methyl/N-ethyl adjacent to an activating group) is 1. The molecule has 5 nitrogen and oxygen atoms in total. The van der Waals surface area contributed by atoms with Crippen molar-refractivity contribution in [3.63, 3.8) is 0 Å². The molecule has 1 aromatic carbocycles. The van der Waals surface area contributed by atoms with Gasteiger partial charge in [0.15, 0.2) is 0 Å². The molecule has 90 valence electrons. The molecule has 1 fully saturated rings. The van der Waals surface area contributed by atoms with Gasteiger partial charge >= 0.3 is 5.97 Å². The predicted octanol–water partition coefficient (Wildman–Crippen LogP) is 0.791. The number of carboxylic acid groups (broad SMARTS) is 1. The molecule has 0 saturated carbocycles. The minimum Gasteiger partial charge on any atom is -0.508 e. The number of benzene rings is 1. The number of aromatic hydroxyl groups is 1. The highest BCUT2D eigenvalue weighted by molar-refractivity contribution is 5.92. The highest BCUT2D eigenvalue weighted by Crippen LogP contribution is 2.32. The highest BCUT2D eigenvalue weighted by atomic mass is 16.4. The van der Waals surface area contributed by atoms with Crippen molar-refractivity contribution in [2.24, 2.45) is 0 Å². The molecule has 0 aliphatic carbocycles. The fourth-order valence-electron chi connectivity index (χ4n) is 2.13. The van der Waals surface area contributed by atoms with Crippen LogP contribution in [0.5, 0.6) is 5.75 Å². The van der Waals surface area contributed by atoms with E-state index in [1.165, 1.54) is 24.1 Å². The van der Waals surface area contributed by atoms with Crippen LogP contribution in [0.15, 0.2) is 24.3 Å². The average Bonchev–Trinajstić information content (AvgIpc) is 2.58. The van der Waals surface area contributed by atoms with Gasteiger partial charge in [-0.1, -0.05) is 12.1 Å². The second-order valence-electron chi connectivity index (χ2n) is 4.18. The smallest absolute Gasteiger partial charge is 0.326 e. The molecule has 2 unspecified atom stereocenters. The van der Waals surface area contributed by atoms with Crippen molar-refractivity contribution in [1.29, 1.82) is 0 Å². The van der Waals surface area contributed by atoms with E-state index >= 15 is 0 Å². The highest BCUT2D eigenvalue weighted by Gasteiger charge is 2.41. The summed E-state index contributed by atoms with van der Waals surface area (Å²) in [6, 6.07) is 5.53. The lowest BCUT2D eigenvalue weighted by Gasteiger charge is -2.14. The van der Waals surface area contributed by atoms with Crippen LogP contribution >= 0.6 is 0 Å². The summed E-state index contributed by atoms with van der Waals surface area (Å²) in [5.41, 5.74) is 0.739. The van der Waals surface area contributed by atoms with E-state index in [4.69, 9.17) is 10.2 Å². The number of aliphatic carboxylic acids is 1. The van der Waals surface area contributed by atoms with Crippen LogP contribution in [0.3, 0.4) is 0 Å². The summed E-state index contributed by atoms with van der Waals surface area (Å²) in [6.45, 7) is 0. The Labute approximate surface area is 98.3 Å². The monoisotopic (exact) mass is 235 g/mol. The minimum absolute atomic E-state index is 0.127. The third kappa shape index (κ3) is 1.95. The Morgan fingerprint density at radius 3 is 2.41 bits per heavy atom. The quantitative estimate of drug-likeness (QED) is 0.794. The summed E-state index contributed by atoms with van der Waals surface area (Å²) in [5.74, 6) is -1.48. The van der Waals surface area contributed by atoms with E-state index in [0.29, 0.717) is 0 Å². The molecule has 0 bridgehead atoms. The summed E-state index contributed by atoms with van der Waals surface area (Å²) >= 11 is 0. The number of amides is 1. The first kappa shape index (κ1) is 11.4. The van der Waals surface area contributed by atoms with Crippen LogP contribution in [0.25, 0.3) is 0 Å². The molecule has 1 aliphatic heterocycles. The molecule has 2 rings (SSSR count). The maximum Gasteiger partial charge on any atom is 0.326 e. The number of likely N-dealkylation sites (tertiary alicyclic amines) is 1. The lowest BCUT2D eigenvalue weighted by molar-refractivity contribution is -0.145. The van der Waals surface area contributed by atoms with Crippen molar-refractivity contribution in [1.82, 2.24) is 4.90 Å². The number of nitrogens with zero attached hydrogens (tertiary/aromatic N) is 1. The number of phenolic OH excluding ortho intramolecular Hbond substituents is 1. The number of rotatable bonds is 2. The molecule has 2 atom stereocenters. The Morgan fingerprint density at radius 2 is 1.94 bits per heavy atom. The maximum absolute atomic E-state index is 11.9. The second-order valence-corrected chi connectivity index (χ2v) is 4.18. The van der Waals surface area contributed by atoms with E-state index in [1.807, 2.05) is 0 Å². The summed E-state index contributed by atoms with van der Waals surface area (Å²) in [4.78, 5) is 24.1. The molecular weight excluding hydrogens is 222 g/mol. The first-order valence-corrected chi connectivity index (χ1v) is 5.29. The summed E-state index contributed by atoms with van der Waals surface area (Å²) < 4.78 is 0. The van der Waals surface area contributed by atoms with E-state index in [-0.39, 0.29) is 18.1 Å². The molecule has 5 heteroatoms. The molecule has 0 aromatic heterocycles. The van der Waals surface area contributed by atoms with Gasteiger partial charge in [-0.05, 0) is 24.1 Å². The molecule has 2 N–H and O–H groups in total. The molecule has 1 aromatic rings. The molecule has 1 heterocycles. The van der Waals surface area contributed by atoms with Gasteiger partial charge in [0.1, 0.15) is 11.8 Å². The van der Waals surface area contributed by atoms with Gasteiger partial charge in [0.25, 0.3) is 0 Å². The van der Waals surface area contributed by atoms with Gasteiger partial charge < -0.3 is 15.1 Å². The zero-order valence-electron chi connectivity index (χ0n) is 9.33. The minimum atomic E-state index is -0.984. The van der Waals surface area contributed by atoms with Gasteiger partial charge in [-0.15, -0.1) is 0 Å². The van der Waals surface area contributed by atoms with Gasteiger partial charge in [0.05, 0.1) is 5.92 Å². The number of carbonyl (C=O) groups is 2. The van der Waals surface area contributed by atoms with Crippen molar-refractivity contribution in [2.45, 2.75) is 18.4 Å². The van der Waals surface area contributed by atoms with Gasteiger partial charge in [0, 0.05) is 7.05 Å². The van der Waals surface area contributed by atoms with Crippen molar-refractivity contribution >= 4 is 11.9 Å². The standard InChI is InChI=1S/C12H13NO4/c1-13-10(12(16)17)6-9(11(13)15)7-2-4-8(14)5-3-7/h2-5,9-10,14H,6H2,1H3,(H,16,17).